The van der Waals surface area contributed by atoms with Crippen LogP contribution in [0, 0.1) is 0 Å². The molecule has 5 heteroatoms. The smallest absolute Gasteiger partial charge is 0.335 e. The summed E-state index contributed by atoms with van der Waals surface area (Å²) in [5, 5.41) is 14.6. The lowest BCUT2D eigenvalue weighted by molar-refractivity contribution is 0.0696. The van der Waals surface area contributed by atoms with Gasteiger partial charge < -0.3 is 15.3 Å². The summed E-state index contributed by atoms with van der Waals surface area (Å²) < 4.78 is 0. The van der Waals surface area contributed by atoms with E-state index in [0.29, 0.717) is 5.56 Å². The van der Waals surface area contributed by atoms with Gasteiger partial charge in [0.2, 0.25) is 0 Å². The minimum atomic E-state index is -0.963. The fraction of sp³-hybridized carbons (Fsp3) is 0.172. The second kappa shape index (κ2) is 9.02. The van der Waals surface area contributed by atoms with E-state index in [4.69, 9.17) is 5.11 Å². The number of benzene rings is 4. The van der Waals surface area contributed by atoms with Crippen LogP contribution in [0.5, 0.6) is 0 Å². The zero-order chi connectivity index (χ0) is 23.7. The summed E-state index contributed by atoms with van der Waals surface area (Å²) in [4.78, 5) is 26.7. The molecular weight excluding hydrogens is 424 g/mol. The number of nitrogens with zero attached hydrogens (tertiary/aromatic N) is 1. The number of carbonyl (C=O) groups excluding carboxylic acids is 1. The van der Waals surface area contributed by atoms with Crippen molar-refractivity contribution in [1.29, 1.82) is 0 Å². The predicted octanol–water partition coefficient (Wildman–Crippen LogP) is 5.59. The summed E-state index contributed by atoms with van der Waals surface area (Å²) in [6, 6.07) is 27.2. The molecule has 0 spiro atoms. The highest BCUT2D eigenvalue weighted by Crippen LogP contribution is 2.34. The maximum atomic E-state index is 13.3. The van der Waals surface area contributed by atoms with Gasteiger partial charge in [-0.2, -0.15) is 0 Å². The summed E-state index contributed by atoms with van der Waals surface area (Å²) in [5.74, 6) is -1.09. The molecular formula is C29H26N2O3. The fourth-order valence-electron chi connectivity index (χ4n) is 4.70. The minimum absolute atomic E-state index is 0.128. The van der Waals surface area contributed by atoms with E-state index < -0.39 is 5.97 Å². The third-order valence-electron chi connectivity index (χ3n) is 6.52. The van der Waals surface area contributed by atoms with E-state index in [1.54, 1.807) is 24.3 Å². The molecule has 4 aromatic carbocycles. The number of fused-ring (bicyclic) bond motifs is 2. The van der Waals surface area contributed by atoms with Crippen molar-refractivity contribution in [2.45, 2.75) is 25.9 Å². The van der Waals surface area contributed by atoms with Gasteiger partial charge in [0.1, 0.15) is 0 Å². The van der Waals surface area contributed by atoms with Gasteiger partial charge in [0, 0.05) is 13.1 Å². The average molecular weight is 451 g/mol. The van der Waals surface area contributed by atoms with Gasteiger partial charge >= 0.3 is 5.97 Å². The average Bonchev–Trinajstić information content (AvgIpc) is 3.26. The molecule has 4 aromatic rings. The van der Waals surface area contributed by atoms with Crippen LogP contribution in [0.1, 0.15) is 50.4 Å². The van der Waals surface area contributed by atoms with E-state index >= 15 is 0 Å². The Kier molecular flexibility index (Phi) is 5.76. The number of carboxylic acids is 1. The lowest BCUT2D eigenvalue weighted by Crippen LogP contribution is -2.29. The third kappa shape index (κ3) is 4.25. The topological polar surface area (TPSA) is 69.6 Å². The Labute approximate surface area is 198 Å². The molecule has 0 radical (unpaired) electrons. The molecule has 0 aromatic heterocycles. The number of hydrogen-bond donors (Lipinski definition) is 2. The van der Waals surface area contributed by atoms with E-state index in [1.165, 1.54) is 21.9 Å². The zero-order valence-electron chi connectivity index (χ0n) is 19.0. The Morgan fingerprint density at radius 3 is 2.47 bits per heavy atom. The second-order valence-corrected chi connectivity index (χ2v) is 8.79. The molecule has 1 aliphatic heterocycles. The van der Waals surface area contributed by atoms with E-state index in [2.05, 4.69) is 52.7 Å². The molecule has 0 aliphatic carbocycles. The number of carboxylic acid groups (broad SMARTS) is 1. The molecule has 0 saturated heterocycles. The van der Waals surface area contributed by atoms with Gasteiger partial charge in [0.25, 0.3) is 5.91 Å². The Morgan fingerprint density at radius 2 is 1.71 bits per heavy atom. The highest BCUT2D eigenvalue weighted by Gasteiger charge is 2.26. The van der Waals surface area contributed by atoms with Gasteiger partial charge in [0.15, 0.2) is 0 Å². The van der Waals surface area contributed by atoms with Crippen LogP contribution >= 0.6 is 0 Å². The van der Waals surface area contributed by atoms with Gasteiger partial charge in [-0.15, -0.1) is 0 Å². The van der Waals surface area contributed by atoms with E-state index in [1.807, 2.05) is 25.1 Å². The SMILES string of the molecule is C[C@H](NC(=O)c1cccc2c1N(Cc1ccc3ccccc3c1)CC2)c1ccc(C(=O)O)cc1. The quantitative estimate of drug-likeness (QED) is 0.402. The highest BCUT2D eigenvalue weighted by atomic mass is 16.4. The maximum Gasteiger partial charge on any atom is 0.335 e. The second-order valence-electron chi connectivity index (χ2n) is 8.79. The van der Waals surface area contributed by atoms with Crippen LogP contribution in [0.3, 0.4) is 0 Å². The van der Waals surface area contributed by atoms with Gasteiger partial charge in [-0.1, -0.05) is 60.7 Å². The van der Waals surface area contributed by atoms with E-state index in [-0.39, 0.29) is 17.5 Å². The number of para-hydroxylation sites is 1. The van der Waals surface area contributed by atoms with Crippen LogP contribution in [-0.2, 0) is 13.0 Å². The van der Waals surface area contributed by atoms with Crippen molar-refractivity contribution in [2.75, 3.05) is 11.4 Å². The van der Waals surface area contributed by atoms with Crippen molar-refractivity contribution < 1.29 is 14.7 Å². The lowest BCUT2D eigenvalue weighted by atomic mass is 10.0. The Bertz CT molecular complexity index is 1380. The first-order valence-corrected chi connectivity index (χ1v) is 11.5. The molecule has 1 atom stereocenters. The Morgan fingerprint density at radius 1 is 0.941 bits per heavy atom. The first kappa shape index (κ1) is 21.7. The zero-order valence-corrected chi connectivity index (χ0v) is 19.0. The molecule has 1 aliphatic rings. The predicted molar refractivity (Wildman–Crippen MR) is 134 cm³/mol. The van der Waals surface area contributed by atoms with Crippen LogP contribution < -0.4 is 10.2 Å². The molecule has 1 amide bonds. The molecule has 0 bridgehead atoms. The van der Waals surface area contributed by atoms with Crippen LogP contribution in [0.25, 0.3) is 10.8 Å². The maximum absolute atomic E-state index is 13.3. The largest absolute Gasteiger partial charge is 0.478 e. The Balaban J connectivity index is 1.37. The Hall–Kier alpha value is -4.12. The number of nitrogens with one attached hydrogen (secondary N) is 1. The summed E-state index contributed by atoms with van der Waals surface area (Å²) in [6.07, 6.45) is 0.913. The number of rotatable bonds is 6. The number of aromatic carboxylic acids is 1. The molecule has 5 nitrogen and oxygen atoms in total. The summed E-state index contributed by atoms with van der Waals surface area (Å²) in [5.41, 5.74) is 5.17. The molecule has 2 N–H and O–H groups in total. The van der Waals surface area contributed by atoms with Crippen LogP contribution in [0.2, 0.25) is 0 Å². The molecule has 170 valence electrons. The monoisotopic (exact) mass is 450 g/mol. The fourth-order valence-corrected chi connectivity index (χ4v) is 4.70. The molecule has 1 heterocycles. The van der Waals surface area contributed by atoms with Crippen molar-refractivity contribution in [2.24, 2.45) is 0 Å². The van der Waals surface area contributed by atoms with Crippen molar-refractivity contribution >= 4 is 28.3 Å². The first-order valence-electron chi connectivity index (χ1n) is 11.5. The molecule has 34 heavy (non-hydrogen) atoms. The van der Waals surface area contributed by atoms with Gasteiger partial charge in [0.05, 0.1) is 22.9 Å². The third-order valence-corrected chi connectivity index (χ3v) is 6.52. The van der Waals surface area contributed by atoms with Crippen LogP contribution in [0.15, 0.2) is 84.9 Å². The number of hydrogen-bond acceptors (Lipinski definition) is 3. The molecule has 0 unspecified atom stereocenters. The lowest BCUT2D eigenvalue weighted by Gasteiger charge is -2.23. The van der Waals surface area contributed by atoms with Crippen LogP contribution in [-0.4, -0.2) is 23.5 Å². The normalized spacial score (nSPS) is 13.5. The molecule has 0 fully saturated rings. The first-order chi connectivity index (χ1) is 16.5. The van der Waals surface area contributed by atoms with Gasteiger partial charge in [-0.3, -0.25) is 4.79 Å². The summed E-state index contributed by atoms with van der Waals surface area (Å²) >= 11 is 0. The van der Waals surface area contributed by atoms with Crippen molar-refractivity contribution in [3.63, 3.8) is 0 Å². The van der Waals surface area contributed by atoms with Crippen LogP contribution in [0.4, 0.5) is 5.69 Å². The minimum Gasteiger partial charge on any atom is -0.478 e. The van der Waals surface area contributed by atoms with Crippen molar-refractivity contribution in [1.82, 2.24) is 5.32 Å². The summed E-state index contributed by atoms with van der Waals surface area (Å²) in [6.45, 7) is 3.52. The van der Waals surface area contributed by atoms with Gasteiger partial charge in [-0.25, -0.2) is 4.79 Å². The van der Waals surface area contributed by atoms with E-state index in [0.717, 1.165) is 30.8 Å². The molecule has 0 saturated carbocycles. The standard InChI is InChI=1S/C29H26N2O3/c1-19(21-11-13-24(14-12-21)29(33)34)30-28(32)26-8-4-7-23-15-16-31(27(23)26)18-20-9-10-22-5-2-3-6-25(22)17-20/h2-14,17,19H,15-16,18H2,1H3,(H,30,32)(H,33,34)/t19-/m0/s1. The van der Waals surface area contributed by atoms with Crippen molar-refractivity contribution in [3.8, 4) is 0 Å². The summed E-state index contributed by atoms with van der Waals surface area (Å²) in [7, 11) is 0. The number of anilines is 1. The molecule has 5 rings (SSSR count). The van der Waals surface area contributed by atoms with Gasteiger partial charge in [-0.05, 0) is 65.1 Å². The highest BCUT2D eigenvalue weighted by molar-refractivity contribution is 6.01. The number of amides is 1. The van der Waals surface area contributed by atoms with Crippen molar-refractivity contribution in [3.05, 3.63) is 113 Å². The number of carbonyl (C=O) groups is 2. The van der Waals surface area contributed by atoms with E-state index in [9.17, 15) is 9.59 Å².